The van der Waals surface area contributed by atoms with Gasteiger partial charge in [-0.05, 0) is 52.1 Å². The summed E-state index contributed by atoms with van der Waals surface area (Å²) in [6.07, 6.45) is 9.13. The van der Waals surface area contributed by atoms with E-state index in [1.165, 1.54) is 38.2 Å². The highest BCUT2D eigenvalue weighted by molar-refractivity contribution is 4.95. The fourth-order valence-corrected chi connectivity index (χ4v) is 2.51. The van der Waals surface area contributed by atoms with E-state index in [0.29, 0.717) is 6.04 Å². The van der Waals surface area contributed by atoms with E-state index in [1.807, 2.05) is 6.20 Å². The second-order valence-electron chi connectivity index (χ2n) is 5.08. The van der Waals surface area contributed by atoms with Gasteiger partial charge >= 0.3 is 0 Å². The lowest BCUT2D eigenvalue weighted by molar-refractivity contribution is 0.349. The van der Waals surface area contributed by atoms with Gasteiger partial charge in [-0.25, -0.2) is 4.98 Å². The molecule has 1 saturated heterocycles. The standard InChI is InChI=1S/C13H23N3/c1-11(2)16-10-9-15-13(16)4-3-12-5-7-14-8-6-12/h9-12,14H,3-8H2,1-2H3. The van der Waals surface area contributed by atoms with Crippen LogP contribution >= 0.6 is 0 Å². The van der Waals surface area contributed by atoms with Gasteiger partial charge < -0.3 is 9.88 Å². The van der Waals surface area contributed by atoms with Crippen LogP contribution in [-0.4, -0.2) is 22.6 Å². The van der Waals surface area contributed by atoms with Crippen molar-refractivity contribution in [1.29, 1.82) is 0 Å². The Labute approximate surface area is 98.3 Å². The third kappa shape index (κ3) is 2.85. The summed E-state index contributed by atoms with van der Waals surface area (Å²) in [7, 11) is 0. The van der Waals surface area contributed by atoms with Gasteiger partial charge in [0.05, 0.1) is 0 Å². The van der Waals surface area contributed by atoms with Crippen LogP contribution < -0.4 is 5.32 Å². The van der Waals surface area contributed by atoms with E-state index in [9.17, 15) is 0 Å². The minimum atomic E-state index is 0.533. The van der Waals surface area contributed by atoms with Crippen molar-refractivity contribution in [3.8, 4) is 0 Å². The summed E-state index contributed by atoms with van der Waals surface area (Å²) in [6, 6.07) is 0.533. The minimum Gasteiger partial charge on any atom is -0.332 e. The summed E-state index contributed by atoms with van der Waals surface area (Å²) < 4.78 is 2.29. The smallest absolute Gasteiger partial charge is 0.108 e. The Kier molecular flexibility index (Phi) is 3.99. The molecular weight excluding hydrogens is 198 g/mol. The van der Waals surface area contributed by atoms with Crippen LogP contribution in [0, 0.1) is 5.92 Å². The maximum absolute atomic E-state index is 4.47. The van der Waals surface area contributed by atoms with Gasteiger partial charge in [0.1, 0.15) is 5.82 Å². The Morgan fingerprint density at radius 1 is 1.44 bits per heavy atom. The molecule has 0 aromatic carbocycles. The van der Waals surface area contributed by atoms with Crippen molar-refractivity contribution in [3.63, 3.8) is 0 Å². The SMILES string of the molecule is CC(C)n1ccnc1CCC1CCNCC1. The largest absolute Gasteiger partial charge is 0.332 e. The first kappa shape index (κ1) is 11.6. The maximum Gasteiger partial charge on any atom is 0.108 e. The molecule has 0 bridgehead atoms. The number of imidazole rings is 1. The third-order valence-corrected chi connectivity index (χ3v) is 3.54. The van der Waals surface area contributed by atoms with E-state index >= 15 is 0 Å². The summed E-state index contributed by atoms with van der Waals surface area (Å²) in [6.45, 7) is 6.83. The van der Waals surface area contributed by atoms with E-state index in [0.717, 1.165) is 12.3 Å². The van der Waals surface area contributed by atoms with E-state index < -0.39 is 0 Å². The first-order valence-corrected chi connectivity index (χ1v) is 6.50. The van der Waals surface area contributed by atoms with Gasteiger partial charge in [-0.3, -0.25) is 0 Å². The topological polar surface area (TPSA) is 29.9 Å². The van der Waals surface area contributed by atoms with Crippen LogP contribution in [0.1, 0.15) is 45.0 Å². The van der Waals surface area contributed by atoms with Crippen LogP contribution in [0.4, 0.5) is 0 Å². The third-order valence-electron chi connectivity index (χ3n) is 3.54. The molecule has 0 amide bonds. The second-order valence-corrected chi connectivity index (χ2v) is 5.08. The number of hydrogen-bond acceptors (Lipinski definition) is 2. The zero-order chi connectivity index (χ0) is 11.4. The van der Waals surface area contributed by atoms with E-state index in [-0.39, 0.29) is 0 Å². The van der Waals surface area contributed by atoms with Gasteiger partial charge in [0.2, 0.25) is 0 Å². The molecule has 1 aliphatic heterocycles. The van der Waals surface area contributed by atoms with E-state index in [1.54, 1.807) is 0 Å². The molecule has 1 fully saturated rings. The summed E-state index contributed by atoms with van der Waals surface area (Å²) in [5.41, 5.74) is 0. The predicted molar refractivity (Wildman–Crippen MR) is 66.5 cm³/mol. The summed E-state index contributed by atoms with van der Waals surface area (Å²) >= 11 is 0. The highest BCUT2D eigenvalue weighted by Crippen LogP contribution is 2.19. The lowest BCUT2D eigenvalue weighted by atomic mass is 9.93. The monoisotopic (exact) mass is 221 g/mol. The molecule has 0 unspecified atom stereocenters. The van der Waals surface area contributed by atoms with Gasteiger partial charge in [-0.1, -0.05) is 0 Å². The molecule has 0 spiro atoms. The fraction of sp³-hybridized carbons (Fsp3) is 0.769. The highest BCUT2D eigenvalue weighted by Gasteiger charge is 2.14. The lowest BCUT2D eigenvalue weighted by Gasteiger charge is -2.22. The van der Waals surface area contributed by atoms with Crippen LogP contribution in [0.15, 0.2) is 12.4 Å². The van der Waals surface area contributed by atoms with Gasteiger partial charge in [0.25, 0.3) is 0 Å². The molecule has 2 rings (SSSR count). The van der Waals surface area contributed by atoms with Gasteiger partial charge in [-0.2, -0.15) is 0 Å². The van der Waals surface area contributed by atoms with Gasteiger partial charge in [0, 0.05) is 24.9 Å². The first-order valence-electron chi connectivity index (χ1n) is 6.50. The Morgan fingerprint density at radius 2 is 2.19 bits per heavy atom. The average molecular weight is 221 g/mol. The van der Waals surface area contributed by atoms with Crippen LogP contribution in [0.3, 0.4) is 0 Å². The molecule has 1 aromatic heterocycles. The van der Waals surface area contributed by atoms with E-state index in [4.69, 9.17) is 0 Å². The lowest BCUT2D eigenvalue weighted by Crippen LogP contribution is -2.28. The number of piperidine rings is 1. The first-order chi connectivity index (χ1) is 7.77. The van der Waals surface area contributed by atoms with E-state index in [2.05, 4.69) is 34.9 Å². The number of aromatic nitrogens is 2. The van der Waals surface area contributed by atoms with Gasteiger partial charge in [0.15, 0.2) is 0 Å². The summed E-state index contributed by atoms with van der Waals surface area (Å²) in [4.78, 5) is 4.47. The number of aryl methyl sites for hydroxylation is 1. The van der Waals surface area contributed by atoms with Crippen LogP contribution in [0.25, 0.3) is 0 Å². The Balaban J connectivity index is 1.86. The molecule has 1 aliphatic rings. The average Bonchev–Trinajstić information content (AvgIpc) is 2.76. The van der Waals surface area contributed by atoms with Crippen molar-refractivity contribution < 1.29 is 0 Å². The van der Waals surface area contributed by atoms with Crippen LogP contribution in [-0.2, 0) is 6.42 Å². The zero-order valence-electron chi connectivity index (χ0n) is 10.4. The zero-order valence-corrected chi connectivity index (χ0v) is 10.4. The van der Waals surface area contributed by atoms with Crippen molar-refractivity contribution in [2.45, 2.75) is 45.6 Å². The second kappa shape index (κ2) is 5.48. The molecule has 3 heteroatoms. The van der Waals surface area contributed by atoms with Gasteiger partial charge in [-0.15, -0.1) is 0 Å². The molecule has 0 aliphatic carbocycles. The number of nitrogens with one attached hydrogen (secondary N) is 1. The van der Waals surface area contributed by atoms with Crippen molar-refractivity contribution >= 4 is 0 Å². The maximum atomic E-state index is 4.47. The Bertz CT molecular complexity index is 311. The Hall–Kier alpha value is -0.830. The molecule has 0 saturated carbocycles. The number of hydrogen-bond donors (Lipinski definition) is 1. The normalized spacial score (nSPS) is 18.2. The Morgan fingerprint density at radius 3 is 2.88 bits per heavy atom. The summed E-state index contributed by atoms with van der Waals surface area (Å²) in [5, 5.41) is 3.42. The van der Waals surface area contributed by atoms with Crippen LogP contribution in [0.5, 0.6) is 0 Å². The summed E-state index contributed by atoms with van der Waals surface area (Å²) in [5.74, 6) is 2.16. The molecule has 1 N–H and O–H groups in total. The van der Waals surface area contributed by atoms with Crippen LogP contribution in [0.2, 0.25) is 0 Å². The molecule has 16 heavy (non-hydrogen) atoms. The molecular formula is C13H23N3. The van der Waals surface area contributed by atoms with Crippen molar-refractivity contribution in [2.24, 2.45) is 5.92 Å². The number of rotatable bonds is 4. The fourth-order valence-electron chi connectivity index (χ4n) is 2.51. The molecule has 2 heterocycles. The molecule has 0 radical (unpaired) electrons. The molecule has 0 atom stereocenters. The molecule has 1 aromatic rings. The number of nitrogens with zero attached hydrogens (tertiary/aromatic N) is 2. The molecule has 3 nitrogen and oxygen atoms in total. The van der Waals surface area contributed by atoms with Crippen molar-refractivity contribution in [1.82, 2.24) is 14.9 Å². The highest BCUT2D eigenvalue weighted by atomic mass is 15.1. The molecule has 90 valence electrons. The van der Waals surface area contributed by atoms with Crippen molar-refractivity contribution in [3.05, 3.63) is 18.2 Å². The van der Waals surface area contributed by atoms with Crippen molar-refractivity contribution in [2.75, 3.05) is 13.1 Å². The quantitative estimate of drug-likeness (QED) is 0.846. The minimum absolute atomic E-state index is 0.533. The predicted octanol–water partition coefficient (Wildman–Crippen LogP) is 2.40.